The van der Waals surface area contributed by atoms with Gasteiger partial charge in [0.2, 0.25) is 17.7 Å². The topological polar surface area (TPSA) is 66.5 Å². The van der Waals surface area contributed by atoms with Gasteiger partial charge in [-0.2, -0.15) is 0 Å². The third-order valence-corrected chi connectivity index (χ3v) is 3.58. The lowest BCUT2D eigenvalue weighted by Gasteiger charge is -2.33. The van der Waals surface area contributed by atoms with Gasteiger partial charge in [-0.15, -0.1) is 11.8 Å². The lowest BCUT2D eigenvalue weighted by molar-refractivity contribution is -0.148. The molecular formula is C11H18N2O3S. The first-order valence-corrected chi connectivity index (χ1v) is 6.75. The molecule has 0 saturated carbocycles. The first-order valence-electron chi connectivity index (χ1n) is 5.70. The van der Waals surface area contributed by atoms with Crippen molar-refractivity contribution in [3.8, 4) is 0 Å². The molecule has 0 aromatic heterocycles. The molecule has 5 nitrogen and oxygen atoms in total. The average Bonchev–Trinajstić information content (AvgIpc) is 2.24. The monoisotopic (exact) mass is 258 g/mol. The molecular weight excluding hydrogens is 240 g/mol. The molecule has 0 bridgehead atoms. The fourth-order valence-corrected chi connectivity index (χ4v) is 2.30. The Morgan fingerprint density at radius 3 is 2.71 bits per heavy atom. The predicted octanol–water partition coefficient (Wildman–Crippen LogP) is 0.392. The lowest BCUT2D eigenvalue weighted by Crippen LogP contribution is -2.59. The van der Waals surface area contributed by atoms with Crippen molar-refractivity contribution < 1.29 is 14.4 Å². The number of thioether (sulfide) groups is 1. The largest absolute Gasteiger partial charge is 0.321 e. The fourth-order valence-electron chi connectivity index (χ4n) is 1.66. The number of nitrogens with zero attached hydrogens (tertiary/aromatic N) is 1. The molecule has 1 atom stereocenters. The molecule has 0 spiro atoms. The maximum atomic E-state index is 11.9. The van der Waals surface area contributed by atoms with Crippen LogP contribution in [-0.2, 0) is 14.4 Å². The van der Waals surface area contributed by atoms with Crippen molar-refractivity contribution >= 4 is 29.5 Å². The summed E-state index contributed by atoms with van der Waals surface area (Å²) in [5, 5.41) is 2.61. The molecule has 0 aromatic carbocycles. The molecule has 17 heavy (non-hydrogen) atoms. The van der Waals surface area contributed by atoms with Gasteiger partial charge in [0.05, 0.1) is 5.75 Å². The Hall–Kier alpha value is -1.04. The zero-order chi connectivity index (χ0) is 13.0. The van der Waals surface area contributed by atoms with Gasteiger partial charge in [0, 0.05) is 0 Å². The van der Waals surface area contributed by atoms with Crippen LogP contribution in [0.4, 0.5) is 0 Å². The van der Waals surface area contributed by atoms with E-state index in [1.54, 1.807) is 0 Å². The molecule has 0 radical (unpaired) electrons. The quantitative estimate of drug-likeness (QED) is 0.741. The molecule has 1 unspecified atom stereocenters. The second-order valence-corrected chi connectivity index (χ2v) is 5.78. The van der Waals surface area contributed by atoms with Crippen LogP contribution in [-0.4, -0.2) is 46.2 Å². The molecule has 6 heteroatoms. The van der Waals surface area contributed by atoms with Gasteiger partial charge >= 0.3 is 0 Å². The second-order valence-electron chi connectivity index (χ2n) is 4.22. The zero-order valence-electron chi connectivity index (χ0n) is 10.4. The first kappa shape index (κ1) is 14.0. The maximum absolute atomic E-state index is 11.9. The summed E-state index contributed by atoms with van der Waals surface area (Å²) in [6.45, 7) is 5.82. The highest BCUT2D eigenvalue weighted by atomic mass is 32.2. The van der Waals surface area contributed by atoms with Gasteiger partial charge in [0.15, 0.2) is 0 Å². The van der Waals surface area contributed by atoms with Crippen LogP contribution in [0.3, 0.4) is 0 Å². The number of piperazine rings is 1. The number of rotatable bonds is 4. The molecule has 1 N–H and O–H groups in total. The molecule has 1 heterocycles. The highest BCUT2D eigenvalue weighted by Gasteiger charge is 2.35. The summed E-state index contributed by atoms with van der Waals surface area (Å²) in [7, 11) is 0. The van der Waals surface area contributed by atoms with E-state index in [4.69, 9.17) is 0 Å². The van der Waals surface area contributed by atoms with Crippen molar-refractivity contribution in [1.29, 1.82) is 0 Å². The fraction of sp³-hybridized carbons (Fsp3) is 0.727. The Kier molecular flexibility index (Phi) is 4.99. The van der Waals surface area contributed by atoms with Gasteiger partial charge in [-0.05, 0) is 11.7 Å². The van der Waals surface area contributed by atoms with Crippen LogP contribution >= 0.6 is 11.8 Å². The van der Waals surface area contributed by atoms with E-state index >= 15 is 0 Å². The van der Waals surface area contributed by atoms with E-state index in [-0.39, 0.29) is 18.4 Å². The number of imide groups is 1. The molecule has 1 aliphatic heterocycles. The molecule has 1 aliphatic rings. The van der Waals surface area contributed by atoms with Crippen LogP contribution in [0.2, 0.25) is 0 Å². The highest BCUT2D eigenvalue weighted by Crippen LogP contribution is 2.14. The van der Waals surface area contributed by atoms with Crippen molar-refractivity contribution in [3.63, 3.8) is 0 Å². The smallest absolute Gasteiger partial charge is 0.249 e. The summed E-state index contributed by atoms with van der Waals surface area (Å²) in [5.74, 6) is -0.595. The zero-order valence-corrected chi connectivity index (χ0v) is 11.2. The highest BCUT2D eigenvalue weighted by molar-refractivity contribution is 8.00. The maximum Gasteiger partial charge on any atom is 0.249 e. The Morgan fingerprint density at radius 1 is 1.53 bits per heavy atom. The van der Waals surface area contributed by atoms with E-state index in [1.165, 1.54) is 16.7 Å². The van der Waals surface area contributed by atoms with E-state index in [1.807, 2.05) is 20.8 Å². The Balaban J connectivity index is 2.67. The number of carbonyl (C=O) groups is 3. The average molecular weight is 258 g/mol. The molecule has 1 saturated heterocycles. The van der Waals surface area contributed by atoms with Crippen LogP contribution in [0.25, 0.3) is 0 Å². The molecule has 1 rings (SSSR count). The van der Waals surface area contributed by atoms with Crippen LogP contribution in [0.15, 0.2) is 0 Å². The first-order chi connectivity index (χ1) is 7.95. The summed E-state index contributed by atoms with van der Waals surface area (Å²) < 4.78 is 0. The third kappa shape index (κ3) is 3.73. The number of carbonyl (C=O) groups excluding carboxylic acids is 3. The van der Waals surface area contributed by atoms with E-state index in [0.717, 1.165) is 0 Å². The molecule has 0 aliphatic carbocycles. The summed E-state index contributed by atoms with van der Waals surface area (Å²) in [6.07, 6.45) is 0.525. The lowest BCUT2D eigenvalue weighted by atomic mass is 10.1. The van der Waals surface area contributed by atoms with Crippen molar-refractivity contribution in [2.45, 2.75) is 38.5 Å². The molecule has 0 aromatic rings. The van der Waals surface area contributed by atoms with Gasteiger partial charge in [0.1, 0.15) is 12.6 Å². The van der Waals surface area contributed by atoms with Crippen molar-refractivity contribution in [2.75, 3.05) is 12.3 Å². The van der Waals surface area contributed by atoms with Gasteiger partial charge < -0.3 is 4.90 Å². The van der Waals surface area contributed by atoms with E-state index in [2.05, 4.69) is 5.32 Å². The second kappa shape index (κ2) is 6.05. The van der Waals surface area contributed by atoms with Crippen molar-refractivity contribution in [2.24, 2.45) is 0 Å². The van der Waals surface area contributed by atoms with Gasteiger partial charge in [-0.1, -0.05) is 20.8 Å². The van der Waals surface area contributed by atoms with E-state index < -0.39 is 11.9 Å². The number of nitrogens with one attached hydrogen (secondary N) is 1. The minimum Gasteiger partial charge on any atom is -0.321 e. The SMILES string of the molecule is CCC1C(=O)NC(=O)CN1C(=O)CSC(C)C. The number of hydrogen-bond acceptors (Lipinski definition) is 4. The summed E-state index contributed by atoms with van der Waals surface area (Å²) in [5.41, 5.74) is 0. The van der Waals surface area contributed by atoms with Crippen LogP contribution in [0.5, 0.6) is 0 Å². The molecule has 96 valence electrons. The standard InChI is InChI=1S/C11H18N2O3S/c1-4-8-11(16)12-9(14)5-13(8)10(15)6-17-7(2)3/h7-8H,4-6H2,1-3H3,(H,12,14,16). The normalized spacial score (nSPS) is 20.7. The summed E-state index contributed by atoms with van der Waals surface area (Å²) in [4.78, 5) is 36.1. The van der Waals surface area contributed by atoms with Gasteiger partial charge in [-0.3, -0.25) is 19.7 Å². The van der Waals surface area contributed by atoms with Crippen LogP contribution in [0.1, 0.15) is 27.2 Å². The summed E-state index contributed by atoms with van der Waals surface area (Å²) >= 11 is 1.51. The van der Waals surface area contributed by atoms with Crippen LogP contribution < -0.4 is 5.32 Å². The minimum absolute atomic E-state index is 0.0122. The van der Waals surface area contributed by atoms with Crippen LogP contribution in [0, 0.1) is 0 Å². The minimum atomic E-state index is -0.507. The van der Waals surface area contributed by atoms with Crippen molar-refractivity contribution in [3.05, 3.63) is 0 Å². The van der Waals surface area contributed by atoms with E-state index in [0.29, 0.717) is 17.4 Å². The van der Waals surface area contributed by atoms with E-state index in [9.17, 15) is 14.4 Å². The van der Waals surface area contributed by atoms with Gasteiger partial charge in [-0.25, -0.2) is 0 Å². The van der Waals surface area contributed by atoms with Crippen molar-refractivity contribution in [1.82, 2.24) is 10.2 Å². The molecule has 1 fully saturated rings. The third-order valence-electron chi connectivity index (χ3n) is 2.50. The number of amides is 3. The Morgan fingerprint density at radius 2 is 2.18 bits per heavy atom. The number of hydrogen-bond donors (Lipinski definition) is 1. The molecule has 3 amide bonds. The Bertz CT molecular complexity index is 331. The summed E-state index contributed by atoms with van der Waals surface area (Å²) in [6, 6.07) is -0.507. The predicted molar refractivity (Wildman–Crippen MR) is 66.5 cm³/mol. The Labute approximate surface area is 105 Å². The van der Waals surface area contributed by atoms with Gasteiger partial charge in [0.25, 0.3) is 0 Å².